The molecule has 1 aliphatic heterocycles. The predicted molar refractivity (Wildman–Crippen MR) is 50.9 cm³/mol. The van der Waals surface area contributed by atoms with Gasteiger partial charge in [0.1, 0.15) is 0 Å². The third-order valence-electron chi connectivity index (χ3n) is 3.94. The molecule has 0 bridgehead atoms. The van der Waals surface area contributed by atoms with Gasteiger partial charge >= 0.3 is 0 Å². The van der Waals surface area contributed by atoms with Gasteiger partial charge in [0.25, 0.3) is 0 Å². The van der Waals surface area contributed by atoms with Crippen molar-refractivity contribution in [3.63, 3.8) is 0 Å². The smallest absolute Gasteiger partial charge is 0.0123 e. The monoisotopic (exact) mass is 168 g/mol. The molecule has 1 aliphatic carbocycles. The van der Waals surface area contributed by atoms with Crippen molar-refractivity contribution in [1.82, 2.24) is 5.32 Å². The molecular formula is C10H20N2. The molecule has 2 fully saturated rings. The zero-order valence-electron chi connectivity index (χ0n) is 8.09. The fourth-order valence-electron chi connectivity index (χ4n) is 2.87. The first kappa shape index (κ1) is 8.52. The summed E-state index contributed by atoms with van der Waals surface area (Å²) in [5, 5.41) is 3.68. The molecule has 12 heavy (non-hydrogen) atoms. The van der Waals surface area contributed by atoms with E-state index >= 15 is 0 Å². The first-order valence-electron chi connectivity index (χ1n) is 5.22. The minimum atomic E-state index is 0.439. The fraction of sp³-hybridized carbons (Fsp3) is 1.00. The average molecular weight is 168 g/mol. The van der Waals surface area contributed by atoms with E-state index < -0.39 is 0 Å². The standard InChI is InChI=1S/C10H20N2/c1-6-7(2)12-9-5-3-4-8(9)10(6)11/h6-10,12H,3-5,11H2,1-2H3. The summed E-state index contributed by atoms with van der Waals surface area (Å²) >= 11 is 0. The van der Waals surface area contributed by atoms with Gasteiger partial charge in [0.05, 0.1) is 0 Å². The molecule has 2 rings (SSSR count). The van der Waals surface area contributed by atoms with Crippen LogP contribution >= 0.6 is 0 Å². The van der Waals surface area contributed by atoms with Gasteiger partial charge in [-0.15, -0.1) is 0 Å². The molecule has 2 aliphatic rings. The molecule has 2 nitrogen and oxygen atoms in total. The summed E-state index contributed by atoms with van der Waals surface area (Å²) in [6.07, 6.45) is 4.06. The minimum absolute atomic E-state index is 0.439. The molecule has 3 N–H and O–H groups in total. The molecule has 0 amide bonds. The molecular weight excluding hydrogens is 148 g/mol. The lowest BCUT2D eigenvalue weighted by atomic mass is 9.79. The molecule has 0 aromatic heterocycles. The maximum Gasteiger partial charge on any atom is 0.0123 e. The summed E-state index contributed by atoms with van der Waals surface area (Å²) in [5.74, 6) is 1.40. The average Bonchev–Trinajstić information content (AvgIpc) is 2.48. The maximum absolute atomic E-state index is 6.21. The summed E-state index contributed by atoms with van der Waals surface area (Å²) in [7, 11) is 0. The molecule has 0 aromatic rings. The number of hydrogen-bond acceptors (Lipinski definition) is 2. The van der Waals surface area contributed by atoms with Crippen LogP contribution in [0.1, 0.15) is 33.1 Å². The van der Waals surface area contributed by atoms with Crippen molar-refractivity contribution in [2.24, 2.45) is 17.6 Å². The van der Waals surface area contributed by atoms with Gasteiger partial charge in [0.2, 0.25) is 0 Å². The van der Waals surface area contributed by atoms with E-state index in [4.69, 9.17) is 5.73 Å². The molecule has 1 saturated carbocycles. The van der Waals surface area contributed by atoms with Crippen LogP contribution in [0, 0.1) is 11.8 Å². The zero-order valence-corrected chi connectivity index (χ0v) is 8.09. The highest BCUT2D eigenvalue weighted by molar-refractivity contribution is 4.99. The van der Waals surface area contributed by atoms with Gasteiger partial charge in [-0.05, 0) is 31.6 Å². The summed E-state index contributed by atoms with van der Waals surface area (Å²) in [6, 6.07) is 1.78. The number of piperidine rings is 1. The van der Waals surface area contributed by atoms with Gasteiger partial charge in [0.15, 0.2) is 0 Å². The van der Waals surface area contributed by atoms with Crippen molar-refractivity contribution < 1.29 is 0 Å². The number of nitrogens with one attached hydrogen (secondary N) is 1. The van der Waals surface area contributed by atoms with Crippen molar-refractivity contribution in [2.75, 3.05) is 0 Å². The van der Waals surface area contributed by atoms with E-state index in [0.29, 0.717) is 18.0 Å². The zero-order chi connectivity index (χ0) is 8.72. The van der Waals surface area contributed by atoms with Gasteiger partial charge in [-0.25, -0.2) is 0 Å². The summed E-state index contributed by atoms with van der Waals surface area (Å²) < 4.78 is 0. The van der Waals surface area contributed by atoms with E-state index in [1.165, 1.54) is 19.3 Å². The highest BCUT2D eigenvalue weighted by atomic mass is 15.0. The van der Waals surface area contributed by atoms with E-state index in [1.807, 2.05) is 0 Å². The number of hydrogen-bond donors (Lipinski definition) is 2. The van der Waals surface area contributed by atoms with Gasteiger partial charge in [-0.3, -0.25) is 0 Å². The Labute approximate surface area is 74.9 Å². The Morgan fingerprint density at radius 1 is 1.25 bits per heavy atom. The number of fused-ring (bicyclic) bond motifs is 1. The lowest BCUT2D eigenvalue weighted by Gasteiger charge is -2.41. The molecule has 1 heterocycles. The van der Waals surface area contributed by atoms with Crippen LogP contribution in [0.3, 0.4) is 0 Å². The Bertz CT molecular complexity index is 169. The second-order valence-electron chi connectivity index (χ2n) is 4.59. The largest absolute Gasteiger partial charge is 0.327 e. The second kappa shape index (κ2) is 3.00. The maximum atomic E-state index is 6.21. The van der Waals surface area contributed by atoms with Crippen LogP contribution in [-0.4, -0.2) is 18.1 Å². The van der Waals surface area contributed by atoms with E-state index in [2.05, 4.69) is 19.2 Å². The number of nitrogens with two attached hydrogens (primary N) is 1. The minimum Gasteiger partial charge on any atom is -0.327 e. The van der Waals surface area contributed by atoms with E-state index in [-0.39, 0.29) is 0 Å². The number of rotatable bonds is 0. The normalized spacial score (nSPS) is 53.8. The van der Waals surface area contributed by atoms with Crippen molar-refractivity contribution in [3.05, 3.63) is 0 Å². The van der Waals surface area contributed by atoms with Gasteiger partial charge in [0, 0.05) is 18.1 Å². The molecule has 0 radical (unpaired) electrons. The molecule has 5 unspecified atom stereocenters. The molecule has 0 aromatic carbocycles. The lowest BCUT2D eigenvalue weighted by Crippen LogP contribution is -2.58. The van der Waals surface area contributed by atoms with Crippen LogP contribution < -0.4 is 11.1 Å². The SMILES string of the molecule is CC1NC2CCCC2C(N)C1C. The second-order valence-corrected chi connectivity index (χ2v) is 4.59. The summed E-state index contributed by atoms with van der Waals surface area (Å²) in [4.78, 5) is 0. The third kappa shape index (κ3) is 1.17. The molecule has 2 heteroatoms. The topological polar surface area (TPSA) is 38.0 Å². The third-order valence-corrected chi connectivity index (χ3v) is 3.94. The Balaban J connectivity index is 2.10. The fourth-order valence-corrected chi connectivity index (χ4v) is 2.87. The predicted octanol–water partition coefficient (Wildman–Crippen LogP) is 1.11. The van der Waals surface area contributed by atoms with Gasteiger partial charge in [-0.1, -0.05) is 13.3 Å². The van der Waals surface area contributed by atoms with Gasteiger partial charge in [-0.2, -0.15) is 0 Å². The van der Waals surface area contributed by atoms with Crippen molar-refractivity contribution in [1.29, 1.82) is 0 Å². The van der Waals surface area contributed by atoms with Gasteiger partial charge < -0.3 is 11.1 Å². The molecule has 0 spiro atoms. The Morgan fingerprint density at radius 3 is 2.75 bits per heavy atom. The Kier molecular flexibility index (Phi) is 2.13. The van der Waals surface area contributed by atoms with Crippen molar-refractivity contribution >= 4 is 0 Å². The van der Waals surface area contributed by atoms with Crippen LogP contribution in [-0.2, 0) is 0 Å². The van der Waals surface area contributed by atoms with Crippen molar-refractivity contribution in [3.8, 4) is 0 Å². The molecule has 5 atom stereocenters. The first-order valence-corrected chi connectivity index (χ1v) is 5.22. The quantitative estimate of drug-likeness (QED) is 0.568. The molecule has 1 saturated heterocycles. The van der Waals surface area contributed by atoms with Crippen LogP contribution in [0.15, 0.2) is 0 Å². The Hall–Kier alpha value is -0.0800. The van der Waals surface area contributed by atoms with E-state index in [0.717, 1.165) is 12.0 Å². The lowest BCUT2D eigenvalue weighted by molar-refractivity contribution is 0.169. The summed E-state index contributed by atoms with van der Waals surface area (Å²) in [6.45, 7) is 4.54. The summed E-state index contributed by atoms with van der Waals surface area (Å²) in [5.41, 5.74) is 6.21. The van der Waals surface area contributed by atoms with Crippen LogP contribution in [0.2, 0.25) is 0 Å². The van der Waals surface area contributed by atoms with Crippen LogP contribution in [0.25, 0.3) is 0 Å². The van der Waals surface area contributed by atoms with Crippen LogP contribution in [0.4, 0.5) is 0 Å². The first-order chi connectivity index (χ1) is 5.70. The van der Waals surface area contributed by atoms with Crippen molar-refractivity contribution in [2.45, 2.75) is 51.2 Å². The van der Waals surface area contributed by atoms with E-state index in [1.54, 1.807) is 0 Å². The molecule has 70 valence electrons. The van der Waals surface area contributed by atoms with Crippen LogP contribution in [0.5, 0.6) is 0 Å². The Morgan fingerprint density at radius 2 is 2.00 bits per heavy atom. The van der Waals surface area contributed by atoms with E-state index in [9.17, 15) is 0 Å². The highest BCUT2D eigenvalue weighted by Crippen LogP contribution is 2.35. The highest BCUT2D eigenvalue weighted by Gasteiger charge is 2.40.